The topological polar surface area (TPSA) is 73.6 Å². The van der Waals surface area contributed by atoms with E-state index in [1.165, 1.54) is 19.2 Å². The van der Waals surface area contributed by atoms with Crippen LogP contribution in [0.4, 0.5) is 8.78 Å². The van der Waals surface area contributed by atoms with E-state index in [1.54, 1.807) is 6.07 Å². The lowest BCUT2D eigenvalue weighted by Gasteiger charge is -2.11. The molecular formula is C12H17ClF2N2O3. The highest BCUT2D eigenvalue weighted by Crippen LogP contribution is 2.29. The van der Waals surface area contributed by atoms with Gasteiger partial charge in [-0.15, -0.1) is 12.4 Å². The summed E-state index contributed by atoms with van der Waals surface area (Å²) in [6.07, 6.45) is 0.481. The van der Waals surface area contributed by atoms with Crippen molar-refractivity contribution in [1.29, 1.82) is 0 Å². The molecule has 1 aromatic rings. The van der Waals surface area contributed by atoms with Gasteiger partial charge in [0.25, 0.3) is 0 Å². The third-order valence-corrected chi connectivity index (χ3v) is 2.37. The van der Waals surface area contributed by atoms with Crippen LogP contribution in [0, 0.1) is 0 Å². The maximum atomic E-state index is 12.2. The fourth-order valence-electron chi connectivity index (χ4n) is 1.48. The van der Waals surface area contributed by atoms with E-state index in [4.69, 9.17) is 10.5 Å². The molecule has 0 spiro atoms. The molecule has 1 rings (SSSR count). The summed E-state index contributed by atoms with van der Waals surface area (Å²) >= 11 is 0. The number of alkyl halides is 2. The Hall–Kier alpha value is -1.60. The number of hydrogen-bond donors (Lipinski definition) is 2. The van der Waals surface area contributed by atoms with Gasteiger partial charge in [0.15, 0.2) is 11.5 Å². The van der Waals surface area contributed by atoms with E-state index in [0.717, 1.165) is 5.56 Å². The van der Waals surface area contributed by atoms with E-state index in [9.17, 15) is 13.6 Å². The highest BCUT2D eigenvalue weighted by Gasteiger charge is 2.11. The van der Waals surface area contributed by atoms with Crippen LogP contribution in [-0.4, -0.2) is 32.7 Å². The zero-order valence-corrected chi connectivity index (χ0v) is 11.7. The lowest BCUT2D eigenvalue weighted by atomic mass is 10.1. The van der Waals surface area contributed by atoms with Crippen molar-refractivity contribution in [3.05, 3.63) is 23.8 Å². The Morgan fingerprint density at radius 3 is 2.65 bits per heavy atom. The summed E-state index contributed by atoms with van der Waals surface area (Å²) in [5.74, 6) is -0.0623. The Labute approximate surface area is 121 Å². The highest BCUT2D eigenvalue weighted by atomic mass is 35.5. The molecular weight excluding hydrogens is 294 g/mol. The minimum Gasteiger partial charge on any atom is -0.493 e. The molecule has 0 aliphatic heterocycles. The first-order chi connectivity index (χ1) is 9.06. The van der Waals surface area contributed by atoms with Crippen molar-refractivity contribution < 1.29 is 23.0 Å². The van der Waals surface area contributed by atoms with Crippen molar-refractivity contribution in [2.45, 2.75) is 13.0 Å². The molecule has 0 saturated heterocycles. The van der Waals surface area contributed by atoms with Crippen LogP contribution in [0.25, 0.3) is 0 Å². The van der Waals surface area contributed by atoms with Crippen molar-refractivity contribution >= 4 is 18.3 Å². The van der Waals surface area contributed by atoms with Gasteiger partial charge in [-0.3, -0.25) is 4.79 Å². The van der Waals surface area contributed by atoms with Gasteiger partial charge in [-0.05, 0) is 24.1 Å². The molecule has 114 valence electrons. The second kappa shape index (κ2) is 9.33. The van der Waals surface area contributed by atoms with Gasteiger partial charge in [0.2, 0.25) is 5.91 Å². The second-order valence-corrected chi connectivity index (χ2v) is 3.67. The molecule has 0 unspecified atom stereocenters. The number of nitrogens with one attached hydrogen (secondary N) is 1. The molecule has 0 aliphatic carbocycles. The van der Waals surface area contributed by atoms with Crippen LogP contribution in [0.1, 0.15) is 5.56 Å². The molecule has 20 heavy (non-hydrogen) atoms. The van der Waals surface area contributed by atoms with E-state index in [1.807, 2.05) is 0 Å². The third-order valence-electron chi connectivity index (χ3n) is 2.37. The standard InChI is InChI=1S/C12H16F2N2O3.ClH/c1-18-9-3-2-8(4-5-16-11(17)7-15)6-10(9)19-12(13)14;/h2-3,6,12H,4-5,7,15H2,1H3,(H,16,17);1H. The number of rotatable bonds is 7. The molecule has 0 bridgehead atoms. The highest BCUT2D eigenvalue weighted by molar-refractivity contribution is 5.85. The smallest absolute Gasteiger partial charge is 0.387 e. The number of amides is 1. The van der Waals surface area contributed by atoms with Crippen LogP contribution in [0.2, 0.25) is 0 Å². The predicted molar refractivity (Wildman–Crippen MR) is 72.6 cm³/mol. The van der Waals surface area contributed by atoms with Gasteiger partial charge in [0, 0.05) is 6.54 Å². The zero-order chi connectivity index (χ0) is 14.3. The number of hydrogen-bond acceptors (Lipinski definition) is 4. The number of methoxy groups -OCH3 is 1. The van der Waals surface area contributed by atoms with E-state index in [0.29, 0.717) is 13.0 Å². The molecule has 0 radical (unpaired) electrons. The fraction of sp³-hybridized carbons (Fsp3) is 0.417. The van der Waals surface area contributed by atoms with E-state index in [2.05, 4.69) is 10.1 Å². The van der Waals surface area contributed by atoms with E-state index in [-0.39, 0.29) is 36.4 Å². The number of nitrogens with two attached hydrogens (primary N) is 1. The first-order valence-corrected chi connectivity index (χ1v) is 5.65. The minimum absolute atomic E-state index is 0. The summed E-state index contributed by atoms with van der Waals surface area (Å²) in [6, 6.07) is 4.71. The van der Waals surface area contributed by atoms with Crippen LogP contribution >= 0.6 is 12.4 Å². The summed E-state index contributed by atoms with van der Waals surface area (Å²) in [4.78, 5) is 10.9. The van der Waals surface area contributed by atoms with Crippen LogP contribution in [0.3, 0.4) is 0 Å². The lowest BCUT2D eigenvalue weighted by Crippen LogP contribution is -2.31. The largest absolute Gasteiger partial charge is 0.493 e. The quantitative estimate of drug-likeness (QED) is 0.797. The first kappa shape index (κ1) is 18.4. The minimum atomic E-state index is -2.92. The predicted octanol–water partition coefficient (Wildman–Crippen LogP) is 1.34. The monoisotopic (exact) mass is 310 g/mol. The normalized spacial score (nSPS) is 9.85. The van der Waals surface area contributed by atoms with Gasteiger partial charge >= 0.3 is 6.61 Å². The number of carbonyl (C=O) groups excluding carboxylic acids is 1. The van der Waals surface area contributed by atoms with Crippen molar-refractivity contribution in [2.24, 2.45) is 5.73 Å². The van der Waals surface area contributed by atoms with Crippen LogP contribution in [-0.2, 0) is 11.2 Å². The Morgan fingerprint density at radius 1 is 1.40 bits per heavy atom. The SMILES string of the molecule is COc1ccc(CCNC(=O)CN)cc1OC(F)F.Cl. The maximum absolute atomic E-state index is 12.2. The molecule has 0 aromatic heterocycles. The number of benzene rings is 1. The van der Waals surface area contributed by atoms with E-state index < -0.39 is 6.61 Å². The summed E-state index contributed by atoms with van der Waals surface area (Å²) < 4.78 is 33.7. The molecule has 0 atom stereocenters. The lowest BCUT2D eigenvalue weighted by molar-refractivity contribution is -0.119. The molecule has 1 amide bonds. The molecule has 0 aliphatic rings. The zero-order valence-electron chi connectivity index (χ0n) is 10.9. The number of carbonyl (C=O) groups is 1. The van der Waals surface area contributed by atoms with Crippen LogP contribution in [0.15, 0.2) is 18.2 Å². The first-order valence-electron chi connectivity index (χ1n) is 5.65. The molecule has 0 saturated carbocycles. The van der Waals surface area contributed by atoms with E-state index >= 15 is 0 Å². The summed E-state index contributed by atoms with van der Waals surface area (Å²) in [5.41, 5.74) is 5.88. The Kier molecular flexibility index (Phi) is 8.58. The average Bonchev–Trinajstić information content (AvgIpc) is 2.38. The third kappa shape index (κ3) is 6.03. The summed E-state index contributed by atoms with van der Waals surface area (Å²) in [6.45, 7) is -2.63. The Balaban J connectivity index is 0.00000361. The number of ether oxygens (including phenoxy) is 2. The van der Waals surface area contributed by atoms with Gasteiger partial charge < -0.3 is 20.5 Å². The van der Waals surface area contributed by atoms with Crippen molar-refractivity contribution in [2.75, 3.05) is 20.2 Å². The van der Waals surface area contributed by atoms with Crippen molar-refractivity contribution in [3.63, 3.8) is 0 Å². The molecule has 3 N–H and O–H groups in total. The van der Waals surface area contributed by atoms with Crippen molar-refractivity contribution in [1.82, 2.24) is 5.32 Å². The van der Waals surface area contributed by atoms with Crippen LogP contribution < -0.4 is 20.5 Å². The van der Waals surface area contributed by atoms with Crippen LogP contribution in [0.5, 0.6) is 11.5 Å². The molecule has 5 nitrogen and oxygen atoms in total. The van der Waals surface area contributed by atoms with Gasteiger partial charge in [-0.1, -0.05) is 6.07 Å². The molecule has 0 heterocycles. The van der Waals surface area contributed by atoms with Gasteiger partial charge in [0.05, 0.1) is 13.7 Å². The van der Waals surface area contributed by atoms with Gasteiger partial charge in [0.1, 0.15) is 0 Å². The Morgan fingerprint density at radius 2 is 2.10 bits per heavy atom. The second-order valence-electron chi connectivity index (χ2n) is 3.67. The summed E-state index contributed by atoms with van der Waals surface area (Å²) in [7, 11) is 1.37. The molecule has 8 heteroatoms. The average molecular weight is 311 g/mol. The number of halogens is 3. The summed E-state index contributed by atoms with van der Waals surface area (Å²) in [5, 5.41) is 2.59. The maximum Gasteiger partial charge on any atom is 0.387 e. The van der Waals surface area contributed by atoms with Gasteiger partial charge in [-0.2, -0.15) is 8.78 Å². The Bertz CT molecular complexity index is 433. The van der Waals surface area contributed by atoms with Crippen molar-refractivity contribution in [3.8, 4) is 11.5 Å². The molecule has 0 fully saturated rings. The molecule has 1 aromatic carbocycles. The fourth-order valence-corrected chi connectivity index (χ4v) is 1.48. The van der Waals surface area contributed by atoms with Gasteiger partial charge in [-0.25, -0.2) is 0 Å².